The number of hydrogen-bond donors (Lipinski definition) is 1. The summed E-state index contributed by atoms with van der Waals surface area (Å²) in [5.41, 5.74) is 2.66. The third-order valence-electron chi connectivity index (χ3n) is 3.73. The van der Waals surface area contributed by atoms with E-state index in [-0.39, 0.29) is 11.7 Å². The molecule has 3 heterocycles. The molecule has 0 atom stereocenters. The number of nitrogens with zero attached hydrogens (tertiary/aromatic N) is 5. The minimum absolute atomic E-state index is 0.114. The zero-order chi connectivity index (χ0) is 19.5. The highest BCUT2D eigenvalue weighted by Gasteiger charge is 2.13. The van der Waals surface area contributed by atoms with Crippen molar-refractivity contribution in [3.05, 3.63) is 64.9 Å². The number of pyridine rings is 1. The quantitative estimate of drug-likeness (QED) is 0.477. The van der Waals surface area contributed by atoms with E-state index in [0.717, 1.165) is 11.3 Å². The van der Waals surface area contributed by atoms with Crippen molar-refractivity contribution in [3.8, 4) is 11.3 Å². The van der Waals surface area contributed by atoms with Gasteiger partial charge in [-0.2, -0.15) is 9.61 Å². The molecule has 0 spiro atoms. The highest BCUT2D eigenvalue weighted by atomic mass is 35.5. The van der Waals surface area contributed by atoms with Crippen LogP contribution in [0.3, 0.4) is 0 Å². The fourth-order valence-electron chi connectivity index (χ4n) is 2.44. The molecule has 1 N–H and O–H groups in total. The van der Waals surface area contributed by atoms with Gasteiger partial charge in [-0.15, -0.1) is 10.2 Å². The minimum Gasteiger partial charge on any atom is -0.324 e. The predicted octanol–water partition coefficient (Wildman–Crippen LogP) is 4.22. The molecule has 7 nitrogen and oxygen atoms in total. The van der Waals surface area contributed by atoms with E-state index in [1.54, 1.807) is 35.1 Å². The second-order valence-corrected chi connectivity index (χ2v) is 7.46. The topological polar surface area (TPSA) is 85.1 Å². The molecule has 0 aliphatic heterocycles. The van der Waals surface area contributed by atoms with Crippen LogP contribution in [0.1, 0.15) is 0 Å². The summed E-state index contributed by atoms with van der Waals surface area (Å²) >= 11 is 13.2. The number of carbonyl (C=O) groups is 1. The molecule has 1 aromatic carbocycles. The lowest BCUT2D eigenvalue weighted by atomic mass is 10.2. The van der Waals surface area contributed by atoms with Crippen LogP contribution < -0.4 is 5.32 Å². The van der Waals surface area contributed by atoms with Gasteiger partial charge in [0.2, 0.25) is 11.1 Å². The van der Waals surface area contributed by atoms with Gasteiger partial charge in [-0.05, 0) is 42.5 Å². The van der Waals surface area contributed by atoms with Crippen LogP contribution >= 0.6 is 35.0 Å². The van der Waals surface area contributed by atoms with E-state index in [2.05, 4.69) is 25.6 Å². The highest BCUT2D eigenvalue weighted by molar-refractivity contribution is 7.99. The highest BCUT2D eigenvalue weighted by Crippen LogP contribution is 2.26. The van der Waals surface area contributed by atoms with Crippen LogP contribution in [0, 0.1) is 0 Å². The molecule has 0 unspecified atom stereocenters. The van der Waals surface area contributed by atoms with E-state index in [0.29, 0.717) is 26.5 Å². The third-order valence-corrected chi connectivity index (χ3v) is 5.21. The lowest BCUT2D eigenvalue weighted by Gasteiger charge is -2.07. The van der Waals surface area contributed by atoms with E-state index in [9.17, 15) is 4.79 Å². The lowest BCUT2D eigenvalue weighted by molar-refractivity contribution is -0.113. The maximum atomic E-state index is 12.3. The Hall–Kier alpha value is -2.68. The second kappa shape index (κ2) is 8.14. The summed E-state index contributed by atoms with van der Waals surface area (Å²) in [7, 11) is 0. The first kappa shape index (κ1) is 18.7. The molecular formula is C18H12Cl2N6OS. The minimum atomic E-state index is -0.241. The van der Waals surface area contributed by atoms with Gasteiger partial charge in [-0.1, -0.05) is 35.0 Å². The van der Waals surface area contributed by atoms with Crippen molar-refractivity contribution in [3.63, 3.8) is 0 Å². The summed E-state index contributed by atoms with van der Waals surface area (Å²) < 4.78 is 1.60. The van der Waals surface area contributed by atoms with Crippen LogP contribution in [0.4, 0.5) is 5.69 Å². The zero-order valence-corrected chi connectivity index (χ0v) is 16.5. The van der Waals surface area contributed by atoms with Crippen molar-refractivity contribution in [2.75, 3.05) is 11.1 Å². The number of aromatic nitrogens is 5. The van der Waals surface area contributed by atoms with Crippen LogP contribution in [0.15, 0.2) is 60.0 Å². The molecule has 10 heteroatoms. The van der Waals surface area contributed by atoms with Crippen LogP contribution in [-0.2, 0) is 4.79 Å². The van der Waals surface area contributed by atoms with Crippen LogP contribution in [0.2, 0.25) is 10.0 Å². The van der Waals surface area contributed by atoms with Gasteiger partial charge in [0.05, 0.1) is 22.2 Å². The molecule has 4 rings (SSSR count). The molecule has 0 saturated heterocycles. The Morgan fingerprint density at radius 1 is 1.14 bits per heavy atom. The number of nitrogens with one attached hydrogen (secondary N) is 1. The molecule has 1 amide bonds. The van der Waals surface area contributed by atoms with Gasteiger partial charge in [0, 0.05) is 23.0 Å². The summed E-state index contributed by atoms with van der Waals surface area (Å²) in [5, 5.41) is 16.9. The fraction of sp³-hybridized carbons (Fsp3) is 0.0556. The molecule has 3 aromatic heterocycles. The normalized spacial score (nSPS) is 10.9. The molecule has 0 fully saturated rings. The Labute approximate surface area is 174 Å². The summed E-state index contributed by atoms with van der Waals surface area (Å²) in [6.07, 6.45) is 3.43. The van der Waals surface area contributed by atoms with E-state index in [1.807, 2.05) is 24.3 Å². The predicted molar refractivity (Wildman–Crippen MR) is 110 cm³/mol. The Kier molecular flexibility index (Phi) is 5.43. The van der Waals surface area contributed by atoms with Crippen molar-refractivity contribution in [1.29, 1.82) is 0 Å². The summed E-state index contributed by atoms with van der Waals surface area (Å²) in [5.74, 6) is -0.128. The van der Waals surface area contributed by atoms with Gasteiger partial charge >= 0.3 is 0 Å². The van der Waals surface area contributed by atoms with Gasteiger partial charge in [-0.3, -0.25) is 9.78 Å². The van der Waals surface area contributed by atoms with Crippen LogP contribution in [0.5, 0.6) is 0 Å². The first-order chi connectivity index (χ1) is 13.6. The smallest absolute Gasteiger partial charge is 0.234 e. The number of carbonyl (C=O) groups excluding carboxylic acids is 1. The molecule has 0 saturated carbocycles. The Bertz CT molecular complexity index is 1150. The van der Waals surface area contributed by atoms with Gasteiger partial charge in [0.25, 0.3) is 0 Å². The molecule has 0 bridgehead atoms. The number of amides is 1. The van der Waals surface area contributed by atoms with Crippen molar-refractivity contribution in [2.45, 2.75) is 5.16 Å². The first-order valence-corrected chi connectivity index (χ1v) is 9.85. The van der Waals surface area contributed by atoms with E-state index in [1.165, 1.54) is 11.8 Å². The molecular weight excluding hydrogens is 419 g/mol. The van der Waals surface area contributed by atoms with Gasteiger partial charge in [-0.25, -0.2) is 0 Å². The maximum absolute atomic E-state index is 12.3. The van der Waals surface area contributed by atoms with Crippen molar-refractivity contribution < 1.29 is 4.79 Å². The number of benzene rings is 1. The van der Waals surface area contributed by atoms with Crippen molar-refractivity contribution >= 4 is 52.2 Å². The summed E-state index contributed by atoms with van der Waals surface area (Å²) in [4.78, 5) is 16.4. The van der Waals surface area contributed by atoms with Crippen molar-refractivity contribution in [1.82, 2.24) is 24.8 Å². The number of anilines is 1. The second-order valence-electron chi connectivity index (χ2n) is 5.67. The maximum Gasteiger partial charge on any atom is 0.234 e. The van der Waals surface area contributed by atoms with Crippen LogP contribution in [0.25, 0.3) is 16.9 Å². The fourth-order valence-corrected chi connectivity index (χ4v) is 3.46. The van der Waals surface area contributed by atoms with Gasteiger partial charge < -0.3 is 5.32 Å². The third kappa shape index (κ3) is 4.09. The number of rotatable bonds is 5. The monoisotopic (exact) mass is 430 g/mol. The van der Waals surface area contributed by atoms with Gasteiger partial charge in [0.15, 0.2) is 5.65 Å². The largest absolute Gasteiger partial charge is 0.324 e. The average molecular weight is 431 g/mol. The Morgan fingerprint density at radius 2 is 2.04 bits per heavy atom. The summed E-state index contributed by atoms with van der Waals surface area (Å²) in [6, 6.07) is 12.3. The molecule has 0 aliphatic carbocycles. The Morgan fingerprint density at radius 3 is 2.86 bits per heavy atom. The van der Waals surface area contributed by atoms with Gasteiger partial charge in [0.1, 0.15) is 0 Å². The summed E-state index contributed by atoms with van der Waals surface area (Å²) in [6.45, 7) is 0. The Balaban J connectivity index is 1.50. The standard InChI is InChI=1S/C18H12Cl2N6OS/c19-12-3-4-13(20)15(8-12)22-17(27)10-28-18-24-23-16-6-5-14(25-26(16)18)11-2-1-7-21-9-11/h1-9H,10H2,(H,22,27). The first-order valence-electron chi connectivity index (χ1n) is 8.11. The SMILES string of the molecule is O=C(CSc1nnc2ccc(-c3cccnc3)nn12)Nc1cc(Cl)ccc1Cl. The molecule has 140 valence electrons. The molecule has 0 aliphatic rings. The molecule has 0 radical (unpaired) electrons. The molecule has 28 heavy (non-hydrogen) atoms. The van der Waals surface area contributed by atoms with E-state index >= 15 is 0 Å². The van der Waals surface area contributed by atoms with Crippen LogP contribution in [-0.4, -0.2) is 36.5 Å². The van der Waals surface area contributed by atoms with E-state index in [4.69, 9.17) is 23.2 Å². The van der Waals surface area contributed by atoms with E-state index < -0.39 is 0 Å². The number of halogens is 2. The average Bonchev–Trinajstić information content (AvgIpc) is 3.12. The zero-order valence-electron chi connectivity index (χ0n) is 14.2. The number of hydrogen-bond acceptors (Lipinski definition) is 6. The number of fused-ring (bicyclic) bond motifs is 1. The van der Waals surface area contributed by atoms with Crippen molar-refractivity contribution in [2.24, 2.45) is 0 Å². The number of thioether (sulfide) groups is 1. The lowest BCUT2D eigenvalue weighted by Crippen LogP contribution is -2.14. The molecule has 4 aromatic rings.